The van der Waals surface area contributed by atoms with Crippen molar-refractivity contribution in [2.45, 2.75) is 0 Å². The molecule has 1 amide bonds. The number of amides is 1. The van der Waals surface area contributed by atoms with Crippen LogP contribution in [-0.4, -0.2) is 10.9 Å². The molecule has 3 nitrogen and oxygen atoms in total. The number of benzene rings is 1. The zero-order chi connectivity index (χ0) is 12.8. The highest BCUT2D eigenvalue weighted by Crippen LogP contribution is 2.17. The molecule has 0 bridgehead atoms. The van der Waals surface area contributed by atoms with E-state index in [1.807, 2.05) is 30.3 Å². The van der Waals surface area contributed by atoms with E-state index in [1.54, 1.807) is 24.4 Å². The largest absolute Gasteiger partial charge is 0.320 e. The van der Waals surface area contributed by atoms with Gasteiger partial charge in [0.25, 0.3) is 0 Å². The maximum Gasteiger partial charge on any atom is 0.248 e. The Kier molecular flexibility index (Phi) is 4.10. The van der Waals surface area contributed by atoms with Crippen molar-refractivity contribution >= 4 is 29.3 Å². The van der Waals surface area contributed by atoms with Crippen molar-refractivity contribution < 1.29 is 4.79 Å². The van der Waals surface area contributed by atoms with E-state index in [4.69, 9.17) is 11.6 Å². The predicted molar refractivity (Wildman–Crippen MR) is 73.4 cm³/mol. The number of nitrogens with zero attached hydrogens (tertiary/aromatic N) is 1. The van der Waals surface area contributed by atoms with Crippen LogP contribution in [0.5, 0.6) is 0 Å². The fourth-order valence-electron chi connectivity index (χ4n) is 1.39. The summed E-state index contributed by atoms with van der Waals surface area (Å²) in [5.41, 5.74) is 1.46. The van der Waals surface area contributed by atoms with Crippen molar-refractivity contribution in [2.75, 3.05) is 5.32 Å². The van der Waals surface area contributed by atoms with Crippen LogP contribution in [-0.2, 0) is 4.79 Å². The number of hydrogen-bond acceptors (Lipinski definition) is 2. The molecular formula is C14H11ClN2O. The van der Waals surface area contributed by atoms with Crippen LogP contribution in [0.1, 0.15) is 5.56 Å². The number of aromatic nitrogens is 1. The number of hydrogen-bond donors (Lipinski definition) is 1. The molecule has 0 unspecified atom stereocenters. The van der Waals surface area contributed by atoms with Gasteiger partial charge in [0.05, 0.1) is 5.69 Å². The van der Waals surface area contributed by atoms with Crippen molar-refractivity contribution in [2.24, 2.45) is 0 Å². The lowest BCUT2D eigenvalue weighted by molar-refractivity contribution is -0.111. The van der Waals surface area contributed by atoms with Crippen LogP contribution < -0.4 is 5.32 Å². The Hall–Kier alpha value is -2.13. The molecule has 0 radical (unpaired) electrons. The van der Waals surface area contributed by atoms with E-state index >= 15 is 0 Å². The maximum absolute atomic E-state index is 11.7. The average molecular weight is 259 g/mol. The molecule has 0 saturated heterocycles. The first-order valence-corrected chi connectivity index (χ1v) is 5.78. The van der Waals surface area contributed by atoms with Gasteiger partial charge in [-0.1, -0.05) is 41.9 Å². The minimum absolute atomic E-state index is 0.242. The van der Waals surface area contributed by atoms with Crippen LogP contribution in [0, 0.1) is 0 Å². The van der Waals surface area contributed by atoms with Crippen LogP contribution in [0.25, 0.3) is 6.08 Å². The lowest BCUT2D eigenvalue weighted by Gasteiger charge is -2.02. The monoisotopic (exact) mass is 258 g/mol. The Morgan fingerprint density at radius 1 is 1.17 bits per heavy atom. The summed E-state index contributed by atoms with van der Waals surface area (Å²) in [6.07, 6.45) is 4.76. The highest BCUT2D eigenvalue weighted by atomic mass is 35.5. The number of nitrogens with one attached hydrogen (secondary N) is 1. The number of rotatable bonds is 3. The molecule has 90 valence electrons. The minimum Gasteiger partial charge on any atom is -0.320 e. The van der Waals surface area contributed by atoms with E-state index in [0.29, 0.717) is 5.69 Å². The molecule has 1 N–H and O–H groups in total. The van der Waals surface area contributed by atoms with Crippen molar-refractivity contribution in [1.29, 1.82) is 0 Å². The molecule has 0 spiro atoms. The zero-order valence-electron chi connectivity index (χ0n) is 9.51. The number of halogens is 1. The van der Waals surface area contributed by atoms with Gasteiger partial charge in [0.15, 0.2) is 5.15 Å². The molecule has 18 heavy (non-hydrogen) atoms. The fourth-order valence-corrected chi connectivity index (χ4v) is 1.56. The summed E-state index contributed by atoms with van der Waals surface area (Å²) in [6, 6.07) is 13.0. The second-order valence-corrected chi connectivity index (χ2v) is 3.93. The van der Waals surface area contributed by atoms with Crippen LogP contribution >= 0.6 is 11.6 Å². The van der Waals surface area contributed by atoms with Gasteiger partial charge in [-0.3, -0.25) is 4.79 Å². The van der Waals surface area contributed by atoms with Crippen molar-refractivity contribution in [3.05, 3.63) is 65.5 Å². The van der Waals surface area contributed by atoms with Gasteiger partial charge in [-0.2, -0.15) is 0 Å². The number of pyridine rings is 1. The van der Waals surface area contributed by atoms with Crippen LogP contribution in [0.15, 0.2) is 54.7 Å². The predicted octanol–water partition coefficient (Wildman–Crippen LogP) is 3.39. The Morgan fingerprint density at radius 2 is 1.94 bits per heavy atom. The summed E-state index contributed by atoms with van der Waals surface area (Å²) < 4.78 is 0. The summed E-state index contributed by atoms with van der Waals surface area (Å²) in [5.74, 6) is -0.242. The Bertz CT molecular complexity index is 567. The van der Waals surface area contributed by atoms with Gasteiger partial charge >= 0.3 is 0 Å². The summed E-state index contributed by atoms with van der Waals surface area (Å²) in [4.78, 5) is 15.5. The standard InChI is InChI=1S/C14H11ClN2O/c15-14-12(7-4-10-16-14)17-13(18)9-8-11-5-2-1-3-6-11/h1-10H,(H,17,18). The first kappa shape index (κ1) is 12.3. The van der Waals surface area contributed by atoms with E-state index < -0.39 is 0 Å². The molecule has 0 atom stereocenters. The number of carbonyl (C=O) groups excluding carboxylic acids is 1. The van der Waals surface area contributed by atoms with Gasteiger partial charge in [-0.15, -0.1) is 0 Å². The third kappa shape index (κ3) is 3.43. The maximum atomic E-state index is 11.7. The van der Waals surface area contributed by atoms with Crippen molar-refractivity contribution in [3.63, 3.8) is 0 Å². The van der Waals surface area contributed by atoms with E-state index in [-0.39, 0.29) is 11.1 Å². The van der Waals surface area contributed by atoms with Gasteiger partial charge in [0, 0.05) is 12.3 Å². The average Bonchev–Trinajstić information content (AvgIpc) is 2.40. The lowest BCUT2D eigenvalue weighted by Crippen LogP contribution is -2.08. The zero-order valence-corrected chi connectivity index (χ0v) is 10.3. The second-order valence-electron chi connectivity index (χ2n) is 3.58. The summed E-state index contributed by atoms with van der Waals surface area (Å²) in [6.45, 7) is 0. The number of anilines is 1. The Morgan fingerprint density at radius 3 is 2.67 bits per heavy atom. The fraction of sp³-hybridized carbons (Fsp3) is 0. The van der Waals surface area contributed by atoms with Crippen LogP contribution in [0.3, 0.4) is 0 Å². The first-order chi connectivity index (χ1) is 8.75. The van der Waals surface area contributed by atoms with E-state index in [9.17, 15) is 4.79 Å². The van der Waals surface area contributed by atoms with Gasteiger partial charge in [0.2, 0.25) is 5.91 Å². The summed E-state index contributed by atoms with van der Waals surface area (Å²) in [7, 11) is 0. The first-order valence-electron chi connectivity index (χ1n) is 5.40. The van der Waals surface area contributed by atoms with Crippen molar-refractivity contribution in [3.8, 4) is 0 Å². The molecule has 1 aromatic heterocycles. The highest BCUT2D eigenvalue weighted by molar-refractivity contribution is 6.32. The van der Waals surface area contributed by atoms with Crippen molar-refractivity contribution in [1.82, 2.24) is 4.98 Å². The second kappa shape index (κ2) is 5.98. The minimum atomic E-state index is -0.242. The molecule has 2 aromatic rings. The molecular weight excluding hydrogens is 248 g/mol. The van der Waals surface area contributed by atoms with E-state index in [2.05, 4.69) is 10.3 Å². The normalized spacial score (nSPS) is 10.5. The molecule has 0 aliphatic heterocycles. The molecule has 1 aromatic carbocycles. The highest BCUT2D eigenvalue weighted by Gasteiger charge is 2.02. The SMILES string of the molecule is O=C(C=Cc1ccccc1)Nc1cccnc1Cl. The van der Waals surface area contributed by atoms with Gasteiger partial charge in [0.1, 0.15) is 0 Å². The molecule has 0 saturated carbocycles. The smallest absolute Gasteiger partial charge is 0.248 e. The molecule has 0 aliphatic rings. The topological polar surface area (TPSA) is 42.0 Å². The quantitative estimate of drug-likeness (QED) is 0.677. The van der Waals surface area contributed by atoms with Gasteiger partial charge in [-0.05, 0) is 23.8 Å². The summed E-state index contributed by atoms with van der Waals surface area (Å²) >= 11 is 5.84. The third-order valence-electron chi connectivity index (χ3n) is 2.24. The molecule has 1 heterocycles. The van der Waals surface area contributed by atoms with Crippen LogP contribution in [0.4, 0.5) is 5.69 Å². The summed E-state index contributed by atoms with van der Waals surface area (Å²) in [5, 5.41) is 2.94. The third-order valence-corrected chi connectivity index (χ3v) is 2.54. The lowest BCUT2D eigenvalue weighted by atomic mass is 10.2. The van der Waals surface area contributed by atoms with Gasteiger partial charge in [-0.25, -0.2) is 4.98 Å². The molecule has 0 aliphatic carbocycles. The molecule has 4 heteroatoms. The van der Waals surface area contributed by atoms with Gasteiger partial charge < -0.3 is 5.32 Å². The number of carbonyl (C=O) groups is 1. The Balaban J connectivity index is 2.02. The van der Waals surface area contributed by atoms with Crippen LogP contribution in [0.2, 0.25) is 5.15 Å². The van der Waals surface area contributed by atoms with E-state index in [1.165, 1.54) is 6.08 Å². The molecule has 0 fully saturated rings. The van der Waals surface area contributed by atoms with E-state index in [0.717, 1.165) is 5.56 Å². The Labute approximate surface area is 110 Å². The molecule has 2 rings (SSSR count).